The molecule has 0 aliphatic carbocycles. The molecule has 2 rings (SSSR count). The highest BCUT2D eigenvalue weighted by Crippen LogP contribution is 2.29. The summed E-state index contributed by atoms with van der Waals surface area (Å²) in [5.74, 6) is 0.731. The van der Waals surface area contributed by atoms with Gasteiger partial charge in [-0.3, -0.25) is 0 Å². The minimum absolute atomic E-state index is 0.529. The summed E-state index contributed by atoms with van der Waals surface area (Å²) in [7, 11) is 0. The van der Waals surface area contributed by atoms with Gasteiger partial charge in [0.1, 0.15) is 11.3 Å². The first-order valence-electron chi connectivity index (χ1n) is 4.47. The average Bonchev–Trinajstić information content (AvgIpc) is 2.67. The lowest BCUT2D eigenvalue weighted by Crippen LogP contribution is -1.94. The number of anilines is 1. The summed E-state index contributed by atoms with van der Waals surface area (Å²) in [4.78, 5) is 0. The predicted octanol–water partition coefficient (Wildman–Crippen LogP) is 2.53. The van der Waals surface area contributed by atoms with Crippen molar-refractivity contribution in [2.24, 2.45) is 0 Å². The predicted molar refractivity (Wildman–Crippen MR) is 60.3 cm³/mol. The molecule has 2 aromatic rings. The lowest BCUT2D eigenvalue weighted by Gasteiger charge is -2.08. The lowest BCUT2D eigenvalue weighted by molar-refractivity contribution is 0.470. The molecule has 0 aliphatic heterocycles. The van der Waals surface area contributed by atoms with Crippen LogP contribution in [-0.4, -0.2) is 10.2 Å². The van der Waals surface area contributed by atoms with Gasteiger partial charge < -0.3 is 10.5 Å². The Morgan fingerprint density at radius 3 is 2.73 bits per heavy atom. The van der Waals surface area contributed by atoms with Crippen LogP contribution in [0.1, 0.15) is 11.1 Å². The molecule has 0 amide bonds. The summed E-state index contributed by atoms with van der Waals surface area (Å²) >= 11 is 1.35. The van der Waals surface area contributed by atoms with Crippen molar-refractivity contribution in [1.29, 1.82) is 0 Å². The fourth-order valence-electron chi connectivity index (χ4n) is 1.26. The molecular formula is C10H11N3OS. The van der Waals surface area contributed by atoms with E-state index in [1.165, 1.54) is 11.3 Å². The van der Waals surface area contributed by atoms with Crippen molar-refractivity contribution in [3.05, 3.63) is 28.8 Å². The maximum Gasteiger partial charge on any atom is 0.299 e. The zero-order chi connectivity index (χ0) is 10.8. The van der Waals surface area contributed by atoms with Crippen molar-refractivity contribution >= 4 is 17.0 Å². The number of nitrogen functional groups attached to an aromatic ring is 1. The standard InChI is InChI=1S/C10H11N3OS/c1-6-3-7(2)9(4-8(6)11)14-10-13-12-5-15-10/h3-5H,11H2,1-2H3. The van der Waals surface area contributed by atoms with Gasteiger partial charge in [0.05, 0.1) is 0 Å². The van der Waals surface area contributed by atoms with Crippen LogP contribution >= 0.6 is 11.3 Å². The van der Waals surface area contributed by atoms with Gasteiger partial charge in [-0.25, -0.2) is 0 Å². The summed E-state index contributed by atoms with van der Waals surface area (Å²) in [5.41, 5.74) is 10.2. The highest BCUT2D eigenvalue weighted by molar-refractivity contribution is 7.11. The minimum atomic E-state index is 0.529. The van der Waals surface area contributed by atoms with Crippen LogP contribution < -0.4 is 10.5 Å². The molecule has 0 unspecified atom stereocenters. The number of nitrogens with zero attached hydrogens (tertiary/aromatic N) is 2. The van der Waals surface area contributed by atoms with Gasteiger partial charge in [-0.2, -0.15) is 0 Å². The Bertz CT molecular complexity index is 468. The summed E-state index contributed by atoms with van der Waals surface area (Å²) < 4.78 is 5.55. The first-order valence-corrected chi connectivity index (χ1v) is 5.35. The Hall–Kier alpha value is -1.62. The molecule has 0 saturated carbocycles. The number of aromatic nitrogens is 2. The molecule has 78 valence electrons. The van der Waals surface area contributed by atoms with Gasteiger partial charge in [0, 0.05) is 11.8 Å². The molecule has 0 saturated heterocycles. The fourth-order valence-corrected chi connectivity index (χ4v) is 1.68. The molecule has 0 aliphatic rings. The first kappa shape index (κ1) is 9.92. The number of ether oxygens (including phenoxy) is 1. The van der Waals surface area contributed by atoms with Crippen LogP contribution in [0.25, 0.3) is 0 Å². The van der Waals surface area contributed by atoms with Crippen LogP contribution in [-0.2, 0) is 0 Å². The van der Waals surface area contributed by atoms with Crippen molar-refractivity contribution in [1.82, 2.24) is 10.2 Å². The van der Waals surface area contributed by atoms with E-state index in [1.807, 2.05) is 26.0 Å². The number of rotatable bonds is 2. The number of aryl methyl sites for hydroxylation is 2. The molecular weight excluding hydrogens is 210 g/mol. The van der Waals surface area contributed by atoms with Gasteiger partial charge in [-0.05, 0) is 25.0 Å². The molecule has 5 heteroatoms. The topological polar surface area (TPSA) is 61.0 Å². The van der Waals surface area contributed by atoms with Crippen LogP contribution in [0.2, 0.25) is 0 Å². The second kappa shape index (κ2) is 3.86. The third-order valence-corrected chi connectivity index (χ3v) is 2.67. The minimum Gasteiger partial charge on any atom is -0.429 e. The normalized spacial score (nSPS) is 10.3. The molecule has 1 aromatic heterocycles. The highest BCUT2D eigenvalue weighted by atomic mass is 32.1. The average molecular weight is 221 g/mol. The van der Waals surface area contributed by atoms with Crippen LogP contribution in [0.4, 0.5) is 5.69 Å². The number of hydrogen-bond donors (Lipinski definition) is 1. The van der Waals surface area contributed by atoms with E-state index in [-0.39, 0.29) is 0 Å². The van der Waals surface area contributed by atoms with Crippen molar-refractivity contribution in [2.75, 3.05) is 5.73 Å². The largest absolute Gasteiger partial charge is 0.429 e. The van der Waals surface area contributed by atoms with Crippen molar-refractivity contribution in [3.63, 3.8) is 0 Å². The lowest BCUT2D eigenvalue weighted by atomic mass is 10.1. The molecule has 0 spiro atoms. The molecule has 0 fully saturated rings. The maximum absolute atomic E-state index is 5.81. The molecule has 15 heavy (non-hydrogen) atoms. The molecule has 0 bridgehead atoms. The second-order valence-corrected chi connectivity index (χ2v) is 4.08. The van der Waals surface area contributed by atoms with E-state index in [4.69, 9.17) is 10.5 Å². The zero-order valence-electron chi connectivity index (χ0n) is 8.52. The zero-order valence-corrected chi connectivity index (χ0v) is 9.34. The van der Waals surface area contributed by atoms with E-state index >= 15 is 0 Å². The Morgan fingerprint density at radius 2 is 2.07 bits per heavy atom. The van der Waals surface area contributed by atoms with Crippen molar-refractivity contribution in [2.45, 2.75) is 13.8 Å². The second-order valence-electron chi connectivity index (χ2n) is 3.28. The van der Waals surface area contributed by atoms with Gasteiger partial charge in [-0.15, -0.1) is 5.10 Å². The Balaban J connectivity index is 2.33. The van der Waals surface area contributed by atoms with Crippen LogP contribution in [0.3, 0.4) is 0 Å². The fraction of sp³-hybridized carbons (Fsp3) is 0.200. The first-order chi connectivity index (χ1) is 7.16. The Labute approximate surface area is 91.7 Å². The van der Waals surface area contributed by atoms with E-state index in [0.717, 1.165) is 22.6 Å². The van der Waals surface area contributed by atoms with Crippen molar-refractivity contribution in [3.8, 4) is 10.9 Å². The van der Waals surface area contributed by atoms with E-state index in [2.05, 4.69) is 10.2 Å². The van der Waals surface area contributed by atoms with E-state index < -0.39 is 0 Å². The molecule has 2 N–H and O–H groups in total. The van der Waals surface area contributed by atoms with Gasteiger partial charge in [0.25, 0.3) is 5.19 Å². The quantitative estimate of drug-likeness (QED) is 0.791. The molecule has 1 aromatic carbocycles. The molecule has 4 nitrogen and oxygen atoms in total. The maximum atomic E-state index is 5.81. The number of benzene rings is 1. The summed E-state index contributed by atoms with van der Waals surface area (Å²) in [6.07, 6.45) is 0. The van der Waals surface area contributed by atoms with Crippen LogP contribution in [0.15, 0.2) is 17.6 Å². The van der Waals surface area contributed by atoms with Gasteiger partial charge in [0.15, 0.2) is 0 Å². The molecule has 0 atom stereocenters. The molecule has 1 heterocycles. The third-order valence-electron chi connectivity index (χ3n) is 2.10. The Kier molecular flexibility index (Phi) is 2.55. The van der Waals surface area contributed by atoms with Gasteiger partial charge >= 0.3 is 0 Å². The van der Waals surface area contributed by atoms with E-state index in [1.54, 1.807) is 5.51 Å². The van der Waals surface area contributed by atoms with Gasteiger partial charge in [0.2, 0.25) is 0 Å². The smallest absolute Gasteiger partial charge is 0.299 e. The SMILES string of the molecule is Cc1cc(C)c(Oc2nncs2)cc1N. The summed E-state index contributed by atoms with van der Waals surface area (Å²) in [6.45, 7) is 3.94. The number of hydrogen-bond acceptors (Lipinski definition) is 5. The monoisotopic (exact) mass is 221 g/mol. The summed E-state index contributed by atoms with van der Waals surface area (Å²) in [5, 5.41) is 8.04. The number of nitrogens with two attached hydrogens (primary N) is 1. The Morgan fingerprint density at radius 1 is 1.27 bits per heavy atom. The van der Waals surface area contributed by atoms with Crippen molar-refractivity contribution < 1.29 is 4.74 Å². The molecule has 0 radical (unpaired) electrons. The van der Waals surface area contributed by atoms with E-state index in [9.17, 15) is 0 Å². The third kappa shape index (κ3) is 2.07. The van der Waals surface area contributed by atoms with Crippen LogP contribution in [0, 0.1) is 13.8 Å². The van der Waals surface area contributed by atoms with E-state index in [0.29, 0.717) is 5.19 Å². The summed E-state index contributed by atoms with van der Waals surface area (Å²) in [6, 6.07) is 3.80. The van der Waals surface area contributed by atoms with Crippen LogP contribution in [0.5, 0.6) is 10.9 Å². The van der Waals surface area contributed by atoms with Gasteiger partial charge in [-0.1, -0.05) is 22.5 Å². The highest BCUT2D eigenvalue weighted by Gasteiger charge is 2.06.